The first-order valence-electron chi connectivity index (χ1n) is 6.37. The van der Waals surface area contributed by atoms with E-state index in [1.807, 2.05) is 25.1 Å². The summed E-state index contributed by atoms with van der Waals surface area (Å²) in [7, 11) is 1.33. The van der Waals surface area contributed by atoms with Crippen molar-refractivity contribution in [2.24, 2.45) is 0 Å². The van der Waals surface area contributed by atoms with Crippen molar-refractivity contribution in [2.75, 3.05) is 18.2 Å². The summed E-state index contributed by atoms with van der Waals surface area (Å²) in [4.78, 5) is 11.6. The highest BCUT2D eigenvalue weighted by atomic mass is 16.5. The number of esters is 1. The van der Waals surface area contributed by atoms with E-state index >= 15 is 0 Å². The molecular weight excluding hydrogens is 256 g/mol. The van der Waals surface area contributed by atoms with E-state index in [1.165, 1.54) is 7.11 Å². The number of benzene rings is 1. The third-order valence-corrected chi connectivity index (χ3v) is 2.96. The molecular formula is C15H18N2O3. The summed E-state index contributed by atoms with van der Waals surface area (Å²) in [6.07, 6.45) is 2.41. The molecule has 0 saturated heterocycles. The second-order valence-electron chi connectivity index (χ2n) is 4.62. The van der Waals surface area contributed by atoms with Crippen molar-refractivity contribution in [1.29, 1.82) is 0 Å². The minimum atomic E-state index is -0.440. The number of nitrogen functional groups attached to an aromatic ring is 1. The van der Waals surface area contributed by atoms with Gasteiger partial charge in [-0.1, -0.05) is 0 Å². The summed E-state index contributed by atoms with van der Waals surface area (Å²) in [6.45, 7) is 2.04. The first kappa shape index (κ1) is 14.0. The van der Waals surface area contributed by atoms with Crippen LogP contribution in [-0.4, -0.2) is 19.1 Å². The Morgan fingerprint density at radius 1 is 1.45 bits per heavy atom. The molecule has 0 amide bonds. The van der Waals surface area contributed by atoms with Crippen molar-refractivity contribution in [2.45, 2.75) is 19.4 Å². The molecule has 2 aromatic rings. The van der Waals surface area contributed by atoms with Crippen LogP contribution >= 0.6 is 0 Å². The number of ether oxygens (including phenoxy) is 1. The van der Waals surface area contributed by atoms with Gasteiger partial charge in [-0.3, -0.25) is 0 Å². The number of nitrogens with one attached hydrogen (secondary N) is 1. The molecule has 1 aromatic heterocycles. The van der Waals surface area contributed by atoms with Crippen molar-refractivity contribution in [3.63, 3.8) is 0 Å². The van der Waals surface area contributed by atoms with Crippen molar-refractivity contribution in [3.8, 4) is 0 Å². The highest BCUT2D eigenvalue weighted by molar-refractivity contribution is 5.96. The number of anilines is 2. The number of hydrogen-bond donors (Lipinski definition) is 2. The zero-order valence-corrected chi connectivity index (χ0v) is 11.6. The van der Waals surface area contributed by atoms with E-state index in [4.69, 9.17) is 14.9 Å². The van der Waals surface area contributed by atoms with Crippen LogP contribution in [0.15, 0.2) is 41.0 Å². The molecule has 0 spiro atoms. The minimum absolute atomic E-state index is 0.162. The van der Waals surface area contributed by atoms with Crippen LogP contribution in [0.1, 0.15) is 23.0 Å². The molecule has 0 aliphatic carbocycles. The molecule has 0 bridgehead atoms. The van der Waals surface area contributed by atoms with Gasteiger partial charge in [0.1, 0.15) is 5.76 Å². The van der Waals surface area contributed by atoms with Crippen molar-refractivity contribution < 1.29 is 13.9 Å². The molecule has 3 N–H and O–H groups in total. The Hall–Kier alpha value is -2.43. The van der Waals surface area contributed by atoms with Crippen LogP contribution in [-0.2, 0) is 11.2 Å². The number of methoxy groups -OCH3 is 1. The fourth-order valence-corrected chi connectivity index (χ4v) is 2.00. The summed E-state index contributed by atoms with van der Waals surface area (Å²) in [5.74, 6) is 0.471. The quantitative estimate of drug-likeness (QED) is 0.647. The maximum atomic E-state index is 11.6. The second-order valence-corrected chi connectivity index (χ2v) is 4.62. The second kappa shape index (κ2) is 6.14. The Morgan fingerprint density at radius 3 is 2.90 bits per heavy atom. The smallest absolute Gasteiger partial charge is 0.340 e. The normalized spacial score (nSPS) is 11.9. The van der Waals surface area contributed by atoms with Gasteiger partial charge in [0.15, 0.2) is 0 Å². The summed E-state index contributed by atoms with van der Waals surface area (Å²) < 4.78 is 10.0. The third-order valence-electron chi connectivity index (χ3n) is 2.96. The predicted molar refractivity (Wildman–Crippen MR) is 77.7 cm³/mol. The highest BCUT2D eigenvalue weighted by Gasteiger charge is 2.12. The Balaban J connectivity index is 2.07. The highest BCUT2D eigenvalue weighted by Crippen LogP contribution is 2.20. The summed E-state index contributed by atoms with van der Waals surface area (Å²) in [6, 6.07) is 9.17. The van der Waals surface area contributed by atoms with Gasteiger partial charge in [-0.05, 0) is 37.3 Å². The van der Waals surface area contributed by atoms with E-state index in [9.17, 15) is 4.79 Å². The zero-order chi connectivity index (χ0) is 14.5. The van der Waals surface area contributed by atoms with Gasteiger partial charge in [0, 0.05) is 23.8 Å². The average molecular weight is 274 g/mol. The maximum Gasteiger partial charge on any atom is 0.340 e. The van der Waals surface area contributed by atoms with E-state index in [-0.39, 0.29) is 6.04 Å². The number of carbonyl (C=O) groups is 1. The van der Waals surface area contributed by atoms with Crippen LogP contribution < -0.4 is 11.1 Å². The summed E-state index contributed by atoms with van der Waals surface area (Å²) in [5, 5.41) is 3.30. The molecule has 0 fully saturated rings. The lowest BCUT2D eigenvalue weighted by Gasteiger charge is -2.15. The monoisotopic (exact) mass is 274 g/mol. The molecule has 5 nitrogen and oxygen atoms in total. The average Bonchev–Trinajstić information content (AvgIpc) is 2.92. The SMILES string of the molecule is COC(=O)c1cc(NC(C)Cc2ccco2)ccc1N. The van der Waals surface area contributed by atoms with Crippen LogP contribution in [0.4, 0.5) is 11.4 Å². The van der Waals surface area contributed by atoms with Crippen LogP contribution in [0.3, 0.4) is 0 Å². The van der Waals surface area contributed by atoms with Crippen molar-refractivity contribution in [3.05, 3.63) is 47.9 Å². The van der Waals surface area contributed by atoms with Gasteiger partial charge in [0.05, 0.1) is 18.9 Å². The lowest BCUT2D eigenvalue weighted by atomic mass is 10.1. The lowest BCUT2D eigenvalue weighted by Crippen LogP contribution is -2.18. The first-order chi connectivity index (χ1) is 9.60. The molecule has 106 valence electrons. The van der Waals surface area contributed by atoms with Gasteiger partial charge >= 0.3 is 5.97 Å². The van der Waals surface area contributed by atoms with E-state index in [2.05, 4.69) is 5.32 Å². The van der Waals surface area contributed by atoms with Gasteiger partial charge in [0.25, 0.3) is 0 Å². The Labute approximate surface area is 117 Å². The van der Waals surface area contributed by atoms with Gasteiger partial charge in [-0.25, -0.2) is 4.79 Å². The Bertz CT molecular complexity index is 579. The molecule has 0 aliphatic rings. The molecule has 1 aromatic carbocycles. The predicted octanol–water partition coefficient (Wildman–Crippen LogP) is 2.69. The fourth-order valence-electron chi connectivity index (χ4n) is 2.00. The number of nitrogens with two attached hydrogens (primary N) is 1. The van der Waals surface area contributed by atoms with E-state index < -0.39 is 5.97 Å². The molecule has 1 unspecified atom stereocenters. The number of hydrogen-bond acceptors (Lipinski definition) is 5. The number of furan rings is 1. The molecule has 2 rings (SSSR count). The molecule has 0 radical (unpaired) electrons. The van der Waals surface area contributed by atoms with Crippen LogP contribution in [0.2, 0.25) is 0 Å². The lowest BCUT2D eigenvalue weighted by molar-refractivity contribution is 0.0602. The summed E-state index contributed by atoms with van der Waals surface area (Å²) in [5.41, 5.74) is 7.35. The third kappa shape index (κ3) is 3.32. The standard InChI is InChI=1S/C15H18N2O3/c1-10(8-12-4-3-7-20-12)17-11-5-6-14(16)13(9-11)15(18)19-2/h3-7,9-10,17H,8,16H2,1-2H3. The van der Waals surface area contributed by atoms with Crippen LogP contribution in [0.5, 0.6) is 0 Å². The first-order valence-corrected chi connectivity index (χ1v) is 6.37. The minimum Gasteiger partial charge on any atom is -0.469 e. The number of rotatable bonds is 5. The van der Waals surface area contributed by atoms with Crippen LogP contribution in [0, 0.1) is 0 Å². The fraction of sp³-hybridized carbons (Fsp3) is 0.267. The van der Waals surface area contributed by atoms with E-state index in [0.717, 1.165) is 17.9 Å². The van der Waals surface area contributed by atoms with Gasteiger partial charge < -0.3 is 20.2 Å². The van der Waals surface area contributed by atoms with Crippen LogP contribution in [0.25, 0.3) is 0 Å². The topological polar surface area (TPSA) is 77.5 Å². The summed E-state index contributed by atoms with van der Waals surface area (Å²) >= 11 is 0. The van der Waals surface area contributed by atoms with Crippen molar-refractivity contribution >= 4 is 17.3 Å². The zero-order valence-electron chi connectivity index (χ0n) is 11.6. The molecule has 5 heteroatoms. The van der Waals surface area contributed by atoms with Crippen molar-refractivity contribution in [1.82, 2.24) is 0 Å². The largest absolute Gasteiger partial charge is 0.469 e. The number of carbonyl (C=O) groups excluding carboxylic acids is 1. The molecule has 1 heterocycles. The maximum absolute atomic E-state index is 11.6. The van der Waals surface area contributed by atoms with Gasteiger partial charge in [-0.2, -0.15) is 0 Å². The molecule has 0 aliphatic heterocycles. The Morgan fingerprint density at radius 2 is 2.25 bits per heavy atom. The van der Waals surface area contributed by atoms with E-state index in [1.54, 1.807) is 18.4 Å². The van der Waals surface area contributed by atoms with E-state index in [0.29, 0.717) is 11.3 Å². The van der Waals surface area contributed by atoms with Gasteiger partial charge in [-0.15, -0.1) is 0 Å². The van der Waals surface area contributed by atoms with Gasteiger partial charge in [0.2, 0.25) is 0 Å². The molecule has 1 atom stereocenters. The molecule has 0 saturated carbocycles. The molecule has 20 heavy (non-hydrogen) atoms. The Kier molecular flexibility index (Phi) is 4.30.